The summed E-state index contributed by atoms with van der Waals surface area (Å²) in [5.74, 6) is -0.313. The molecule has 0 radical (unpaired) electrons. The minimum absolute atomic E-state index is 0.276. The van der Waals surface area contributed by atoms with Crippen LogP contribution in [-0.4, -0.2) is 10.3 Å². The van der Waals surface area contributed by atoms with Crippen LogP contribution in [0.15, 0.2) is 48.5 Å². The molecular formula is C15H12N2OS. The van der Waals surface area contributed by atoms with Crippen LogP contribution in [0.25, 0.3) is 21.3 Å². The molecule has 19 heavy (non-hydrogen) atoms. The van der Waals surface area contributed by atoms with E-state index in [1.54, 1.807) is 0 Å². The fraction of sp³-hybridized carbons (Fsp3) is 0.0667. The smallest absolute Gasteiger partial charge is 0.221 e. The van der Waals surface area contributed by atoms with Gasteiger partial charge in [-0.25, -0.2) is 0 Å². The van der Waals surface area contributed by atoms with Gasteiger partial charge in [-0.05, 0) is 23.2 Å². The Morgan fingerprint density at radius 1 is 1.11 bits per heavy atom. The number of rotatable bonds is 3. The second-order valence-corrected chi connectivity index (χ2v) is 5.17. The van der Waals surface area contributed by atoms with Gasteiger partial charge in [0.15, 0.2) is 0 Å². The van der Waals surface area contributed by atoms with Crippen molar-refractivity contribution in [1.82, 2.24) is 4.37 Å². The SMILES string of the molecule is NC(=O)Cc1ccc(-c2nsc3ccccc23)cc1. The Bertz CT molecular complexity index is 731. The van der Waals surface area contributed by atoms with Gasteiger partial charge in [0.2, 0.25) is 5.91 Å². The molecule has 0 aliphatic rings. The van der Waals surface area contributed by atoms with E-state index in [4.69, 9.17) is 5.73 Å². The number of amides is 1. The first-order valence-electron chi connectivity index (χ1n) is 5.96. The van der Waals surface area contributed by atoms with E-state index in [0.29, 0.717) is 0 Å². The molecule has 0 unspecified atom stereocenters. The first-order chi connectivity index (χ1) is 9.24. The number of benzene rings is 2. The summed E-state index contributed by atoms with van der Waals surface area (Å²) in [5, 5.41) is 1.16. The molecule has 94 valence electrons. The minimum atomic E-state index is -0.313. The van der Waals surface area contributed by atoms with Gasteiger partial charge in [0.05, 0.1) is 16.8 Å². The molecule has 0 aliphatic heterocycles. The zero-order valence-electron chi connectivity index (χ0n) is 10.2. The molecule has 1 amide bonds. The van der Waals surface area contributed by atoms with Gasteiger partial charge in [0.1, 0.15) is 0 Å². The number of carbonyl (C=O) groups excluding carboxylic acids is 1. The van der Waals surface area contributed by atoms with Crippen molar-refractivity contribution in [3.05, 3.63) is 54.1 Å². The summed E-state index contributed by atoms with van der Waals surface area (Å²) in [6.45, 7) is 0. The van der Waals surface area contributed by atoms with Gasteiger partial charge in [0.25, 0.3) is 0 Å². The lowest BCUT2D eigenvalue weighted by atomic mass is 10.0. The number of nitrogens with two attached hydrogens (primary N) is 1. The van der Waals surface area contributed by atoms with Crippen LogP contribution < -0.4 is 5.73 Å². The number of aromatic nitrogens is 1. The highest BCUT2D eigenvalue weighted by molar-refractivity contribution is 7.13. The van der Waals surface area contributed by atoms with Crippen molar-refractivity contribution >= 4 is 27.5 Å². The van der Waals surface area contributed by atoms with Crippen molar-refractivity contribution in [2.24, 2.45) is 5.73 Å². The van der Waals surface area contributed by atoms with Gasteiger partial charge in [-0.3, -0.25) is 4.79 Å². The summed E-state index contributed by atoms with van der Waals surface area (Å²) in [7, 11) is 0. The Labute approximate surface area is 114 Å². The largest absolute Gasteiger partial charge is 0.369 e. The van der Waals surface area contributed by atoms with E-state index >= 15 is 0 Å². The zero-order chi connectivity index (χ0) is 13.2. The van der Waals surface area contributed by atoms with Crippen LogP contribution in [0.4, 0.5) is 0 Å². The zero-order valence-corrected chi connectivity index (χ0v) is 11.0. The lowest BCUT2D eigenvalue weighted by Gasteiger charge is -2.01. The van der Waals surface area contributed by atoms with Crippen molar-refractivity contribution in [1.29, 1.82) is 0 Å². The molecular weight excluding hydrogens is 256 g/mol. The van der Waals surface area contributed by atoms with Crippen molar-refractivity contribution in [2.45, 2.75) is 6.42 Å². The van der Waals surface area contributed by atoms with Gasteiger partial charge in [-0.15, -0.1) is 0 Å². The fourth-order valence-corrected chi connectivity index (χ4v) is 2.87. The van der Waals surface area contributed by atoms with Crippen LogP contribution in [-0.2, 0) is 11.2 Å². The third-order valence-corrected chi connectivity index (χ3v) is 3.81. The maximum Gasteiger partial charge on any atom is 0.221 e. The van der Waals surface area contributed by atoms with Crippen LogP contribution in [0, 0.1) is 0 Å². The van der Waals surface area contributed by atoms with Crippen LogP contribution in [0.5, 0.6) is 0 Å². The highest BCUT2D eigenvalue weighted by Crippen LogP contribution is 2.30. The molecule has 0 aliphatic carbocycles. The molecule has 1 aromatic heterocycles. The molecule has 0 atom stereocenters. The highest BCUT2D eigenvalue weighted by Gasteiger charge is 2.08. The molecule has 2 N–H and O–H groups in total. The summed E-state index contributed by atoms with van der Waals surface area (Å²) in [5.41, 5.74) is 8.16. The first kappa shape index (κ1) is 11.9. The quantitative estimate of drug-likeness (QED) is 0.794. The van der Waals surface area contributed by atoms with Crippen molar-refractivity contribution in [3.8, 4) is 11.3 Å². The van der Waals surface area contributed by atoms with E-state index in [2.05, 4.69) is 16.5 Å². The van der Waals surface area contributed by atoms with E-state index in [0.717, 1.165) is 22.2 Å². The van der Waals surface area contributed by atoms with Crippen molar-refractivity contribution in [2.75, 3.05) is 0 Å². The fourth-order valence-electron chi connectivity index (χ4n) is 2.08. The van der Waals surface area contributed by atoms with Crippen LogP contribution in [0.2, 0.25) is 0 Å². The van der Waals surface area contributed by atoms with E-state index in [-0.39, 0.29) is 12.3 Å². The molecule has 0 bridgehead atoms. The third kappa shape index (κ3) is 2.35. The Hall–Kier alpha value is -2.20. The minimum Gasteiger partial charge on any atom is -0.369 e. The lowest BCUT2D eigenvalue weighted by Crippen LogP contribution is -2.13. The average molecular weight is 268 g/mol. The number of fused-ring (bicyclic) bond motifs is 1. The summed E-state index contributed by atoms with van der Waals surface area (Å²) in [6, 6.07) is 16.0. The van der Waals surface area contributed by atoms with E-state index < -0.39 is 0 Å². The highest BCUT2D eigenvalue weighted by atomic mass is 32.1. The normalized spacial score (nSPS) is 10.7. The molecule has 0 saturated heterocycles. The molecule has 0 fully saturated rings. The number of hydrogen-bond donors (Lipinski definition) is 1. The van der Waals surface area contributed by atoms with Gasteiger partial charge in [-0.2, -0.15) is 4.37 Å². The Balaban J connectivity index is 2.00. The first-order valence-corrected chi connectivity index (χ1v) is 6.73. The van der Waals surface area contributed by atoms with E-state index in [9.17, 15) is 4.79 Å². The number of hydrogen-bond acceptors (Lipinski definition) is 3. The monoisotopic (exact) mass is 268 g/mol. The summed E-state index contributed by atoms with van der Waals surface area (Å²) >= 11 is 1.50. The molecule has 3 nitrogen and oxygen atoms in total. The summed E-state index contributed by atoms with van der Waals surface area (Å²) < 4.78 is 5.69. The topological polar surface area (TPSA) is 56.0 Å². The lowest BCUT2D eigenvalue weighted by molar-refractivity contribution is -0.117. The summed E-state index contributed by atoms with van der Waals surface area (Å²) in [4.78, 5) is 10.9. The van der Waals surface area contributed by atoms with Crippen molar-refractivity contribution < 1.29 is 4.79 Å². The number of carbonyl (C=O) groups is 1. The third-order valence-electron chi connectivity index (χ3n) is 2.98. The Kier molecular flexibility index (Phi) is 3.01. The van der Waals surface area contributed by atoms with Crippen LogP contribution in [0.3, 0.4) is 0 Å². The molecule has 1 heterocycles. The standard InChI is InChI=1S/C15H12N2OS/c16-14(18)9-10-5-7-11(8-6-10)15-12-3-1-2-4-13(12)19-17-15/h1-8H,9H2,(H2,16,18). The number of primary amides is 1. The predicted octanol–water partition coefficient (Wildman–Crippen LogP) is 2.99. The summed E-state index contributed by atoms with van der Waals surface area (Å²) in [6.07, 6.45) is 0.276. The molecule has 3 rings (SSSR count). The molecule has 0 spiro atoms. The van der Waals surface area contributed by atoms with Gasteiger partial charge in [-0.1, -0.05) is 42.5 Å². The molecule has 0 saturated carbocycles. The van der Waals surface area contributed by atoms with Crippen LogP contribution in [0.1, 0.15) is 5.56 Å². The predicted molar refractivity (Wildman–Crippen MR) is 78.0 cm³/mol. The Morgan fingerprint density at radius 3 is 2.58 bits per heavy atom. The van der Waals surface area contributed by atoms with Crippen LogP contribution >= 0.6 is 11.5 Å². The number of nitrogens with zero attached hydrogens (tertiary/aromatic N) is 1. The van der Waals surface area contributed by atoms with Crippen molar-refractivity contribution in [3.63, 3.8) is 0 Å². The maximum absolute atomic E-state index is 10.9. The van der Waals surface area contributed by atoms with Gasteiger partial charge >= 0.3 is 0 Å². The second-order valence-electron chi connectivity index (χ2n) is 4.37. The maximum atomic E-state index is 10.9. The average Bonchev–Trinajstić information content (AvgIpc) is 2.83. The van der Waals surface area contributed by atoms with Gasteiger partial charge in [0, 0.05) is 10.9 Å². The van der Waals surface area contributed by atoms with E-state index in [1.807, 2.05) is 36.4 Å². The second kappa shape index (κ2) is 4.82. The van der Waals surface area contributed by atoms with Gasteiger partial charge < -0.3 is 5.73 Å². The molecule has 3 aromatic rings. The molecule has 4 heteroatoms. The Morgan fingerprint density at radius 2 is 1.84 bits per heavy atom. The molecule has 2 aromatic carbocycles. The van der Waals surface area contributed by atoms with E-state index in [1.165, 1.54) is 16.2 Å².